The average molecular weight is 285 g/mol. The van der Waals surface area contributed by atoms with Crippen molar-refractivity contribution in [2.75, 3.05) is 13.2 Å². The molecule has 0 amide bonds. The second-order valence-corrected chi connectivity index (χ2v) is 4.59. The Morgan fingerprint density at radius 1 is 1.05 bits per heavy atom. The van der Waals surface area contributed by atoms with E-state index in [-0.39, 0.29) is 11.6 Å². The molecule has 0 aliphatic heterocycles. The summed E-state index contributed by atoms with van der Waals surface area (Å²) in [6, 6.07) is 13.9. The van der Waals surface area contributed by atoms with Crippen LogP contribution in [-0.4, -0.2) is 13.2 Å². The number of aryl methyl sites for hydroxylation is 1. The number of ether oxygens (including phenoxy) is 2. The van der Waals surface area contributed by atoms with Gasteiger partial charge in [-0.15, -0.1) is 0 Å². The zero-order valence-corrected chi connectivity index (χ0v) is 11.8. The first-order valence-corrected chi connectivity index (χ1v) is 6.71. The number of para-hydroxylation sites is 1. The summed E-state index contributed by atoms with van der Waals surface area (Å²) in [6.07, 6.45) is 0.604. The lowest BCUT2D eigenvalue weighted by Gasteiger charge is -2.10. The monoisotopic (exact) mass is 285 g/mol. The lowest BCUT2D eigenvalue weighted by Crippen LogP contribution is -2.06. The minimum absolute atomic E-state index is 0.257. The fourth-order valence-corrected chi connectivity index (χ4v) is 1.83. The van der Waals surface area contributed by atoms with Crippen molar-refractivity contribution in [3.8, 4) is 17.6 Å². The number of rotatable bonds is 6. The van der Waals surface area contributed by atoms with Crippen LogP contribution in [0.2, 0.25) is 0 Å². The third-order valence-corrected chi connectivity index (χ3v) is 2.90. The molecule has 0 heterocycles. The molecule has 0 unspecified atom stereocenters. The van der Waals surface area contributed by atoms with E-state index >= 15 is 0 Å². The van der Waals surface area contributed by atoms with E-state index in [0.717, 1.165) is 5.56 Å². The van der Waals surface area contributed by atoms with Gasteiger partial charge in [-0.2, -0.15) is 5.26 Å². The van der Waals surface area contributed by atoms with E-state index in [2.05, 4.69) is 6.07 Å². The molecule has 0 saturated carbocycles. The normalized spacial score (nSPS) is 9.95. The minimum atomic E-state index is -0.364. The van der Waals surface area contributed by atoms with Crippen molar-refractivity contribution in [2.45, 2.75) is 13.3 Å². The van der Waals surface area contributed by atoms with Gasteiger partial charge >= 0.3 is 0 Å². The third kappa shape index (κ3) is 4.22. The van der Waals surface area contributed by atoms with Gasteiger partial charge in [0.25, 0.3) is 0 Å². The molecule has 108 valence electrons. The molecule has 21 heavy (non-hydrogen) atoms. The van der Waals surface area contributed by atoms with Crippen molar-refractivity contribution in [1.29, 1.82) is 5.26 Å². The first-order valence-electron chi connectivity index (χ1n) is 6.71. The average Bonchev–Trinajstić information content (AvgIpc) is 2.50. The molecule has 0 aliphatic rings. The largest absolute Gasteiger partial charge is 0.492 e. The summed E-state index contributed by atoms with van der Waals surface area (Å²) in [5, 5.41) is 8.93. The molecular formula is C17H16FNO2. The summed E-state index contributed by atoms with van der Waals surface area (Å²) in [6.45, 7) is 2.65. The van der Waals surface area contributed by atoms with Crippen molar-refractivity contribution in [2.24, 2.45) is 0 Å². The molecule has 0 aromatic heterocycles. The van der Waals surface area contributed by atoms with Gasteiger partial charge < -0.3 is 9.47 Å². The van der Waals surface area contributed by atoms with Crippen LogP contribution in [0.1, 0.15) is 17.5 Å². The highest BCUT2D eigenvalue weighted by Gasteiger charge is 2.04. The van der Waals surface area contributed by atoms with Gasteiger partial charge in [-0.25, -0.2) is 4.39 Å². The summed E-state index contributed by atoms with van der Waals surface area (Å²) in [7, 11) is 0. The summed E-state index contributed by atoms with van der Waals surface area (Å²) < 4.78 is 24.4. The molecule has 0 bridgehead atoms. The van der Waals surface area contributed by atoms with E-state index in [9.17, 15) is 4.39 Å². The molecule has 2 aromatic carbocycles. The molecule has 0 fully saturated rings. The Kier molecular flexibility index (Phi) is 5.16. The van der Waals surface area contributed by atoms with Gasteiger partial charge in [0, 0.05) is 6.42 Å². The van der Waals surface area contributed by atoms with Crippen molar-refractivity contribution in [3.63, 3.8) is 0 Å². The van der Waals surface area contributed by atoms with Crippen molar-refractivity contribution >= 4 is 0 Å². The van der Waals surface area contributed by atoms with Crippen LogP contribution < -0.4 is 9.47 Å². The number of hydrogen-bond acceptors (Lipinski definition) is 3. The Morgan fingerprint density at radius 3 is 2.52 bits per heavy atom. The predicted molar refractivity (Wildman–Crippen MR) is 77.9 cm³/mol. The highest BCUT2D eigenvalue weighted by atomic mass is 19.1. The van der Waals surface area contributed by atoms with Gasteiger partial charge in [-0.3, -0.25) is 0 Å². The molecule has 0 atom stereocenters. The van der Waals surface area contributed by atoms with Crippen LogP contribution in [0.15, 0.2) is 42.5 Å². The molecule has 0 aliphatic carbocycles. The van der Waals surface area contributed by atoms with Crippen LogP contribution in [0.4, 0.5) is 4.39 Å². The van der Waals surface area contributed by atoms with Gasteiger partial charge in [0.05, 0.1) is 18.8 Å². The van der Waals surface area contributed by atoms with Crippen LogP contribution in [-0.2, 0) is 0 Å². The van der Waals surface area contributed by atoms with Crippen molar-refractivity contribution < 1.29 is 13.9 Å². The summed E-state index contributed by atoms with van der Waals surface area (Å²) in [5.74, 6) is 0.450. The fourth-order valence-electron chi connectivity index (χ4n) is 1.83. The van der Waals surface area contributed by atoms with E-state index in [1.165, 1.54) is 6.07 Å². The lowest BCUT2D eigenvalue weighted by atomic mass is 10.2. The Balaban J connectivity index is 1.78. The summed E-state index contributed by atoms with van der Waals surface area (Å²) >= 11 is 0. The summed E-state index contributed by atoms with van der Waals surface area (Å²) in [5.41, 5.74) is 1.45. The third-order valence-electron chi connectivity index (χ3n) is 2.90. The standard InChI is InChI=1S/C17H16FNO2/c1-13-7-8-15(18)17(11-13)21-10-4-9-20-16-6-3-2-5-14(16)12-19/h2-3,5-8,11H,4,9-10H2,1H3. The maximum Gasteiger partial charge on any atom is 0.165 e. The van der Waals surface area contributed by atoms with E-state index in [1.807, 2.05) is 13.0 Å². The van der Waals surface area contributed by atoms with Crippen LogP contribution in [0.25, 0.3) is 0 Å². The Hall–Kier alpha value is -2.54. The van der Waals surface area contributed by atoms with Gasteiger partial charge in [-0.1, -0.05) is 18.2 Å². The molecule has 0 saturated heterocycles. The first kappa shape index (κ1) is 14.9. The zero-order valence-electron chi connectivity index (χ0n) is 11.8. The van der Waals surface area contributed by atoms with Crippen molar-refractivity contribution in [1.82, 2.24) is 0 Å². The highest BCUT2D eigenvalue weighted by Crippen LogP contribution is 2.19. The first-order chi connectivity index (χ1) is 10.2. The topological polar surface area (TPSA) is 42.2 Å². The molecule has 2 rings (SSSR count). The molecule has 0 radical (unpaired) electrons. The van der Waals surface area contributed by atoms with Gasteiger partial charge in [0.1, 0.15) is 11.8 Å². The molecular weight excluding hydrogens is 269 g/mol. The van der Waals surface area contributed by atoms with E-state index in [0.29, 0.717) is 30.9 Å². The van der Waals surface area contributed by atoms with E-state index in [4.69, 9.17) is 14.7 Å². The smallest absolute Gasteiger partial charge is 0.165 e. The Labute approximate surface area is 123 Å². The second kappa shape index (κ2) is 7.30. The van der Waals surface area contributed by atoms with Crippen LogP contribution in [0.5, 0.6) is 11.5 Å². The maximum absolute atomic E-state index is 13.5. The van der Waals surface area contributed by atoms with Crippen molar-refractivity contribution in [3.05, 3.63) is 59.4 Å². The highest BCUT2D eigenvalue weighted by molar-refractivity contribution is 5.42. The van der Waals surface area contributed by atoms with E-state index in [1.54, 1.807) is 30.3 Å². The molecule has 4 heteroatoms. The second-order valence-electron chi connectivity index (χ2n) is 4.59. The predicted octanol–water partition coefficient (Wildman–Crippen LogP) is 3.85. The molecule has 3 nitrogen and oxygen atoms in total. The number of nitriles is 1. The maximum atomic E-state index is 13.5. The minimum Gasteiger partial charge on any atom is -0.492 e. The van der Waals surface area contributed by atoms with Gasteiger partial charge in [0.15, 0.2) is 11.6 Å². The van der Waals surface area contributed by atoms with Crippen LogP contribution in [0.3, 0.4) is 0 Å². The molecule has 2 aromatic rings. The number of nitrogens with zero attached hydrogens (tertiary/aromatic N) is 1. The summed E-state index contributed by atoms with van der Waals surface area (Å²) in [4.78, 5) is 0. The van der Waals surface area contributed by atoms with E-state index < -0.39 is 0 Å². The molecule has 0 N–H and O–H groups in total. The van der Waals surface area contributed by atoms with Crippen LogP contribution >= 0.6 is 0 Å². The number of hydrogen-bond donors (Lipinski definition) is 0. The number of benzene rings is 2. The fraction of sp³-hybridized carbons (Fsp3) is 0.235. The lowest BCUT2D eigenvalue weighted by molar-refractivity contribution is 0.241. The van der Waals surface area contributed by atoms with Gasteiger partial charge in [0.2, 0.25) is 0 Å². The van der Waals surface area contributed by atoms with Gasteiger partial charge in [-0.05, 0) is 36.8 Å². The van der Waals surface area contributed by atoms with Crippen LogP contribution in [0, 0.1) is 24.1 Å². The molecule has 0 spiro atoms. The Bertz CT molecular complexity index is 649. The number of halogens is 1. The zero-order chi connectivity index (χ0) is 15.1. The SMILES string of the molecule is Cc1ccc(F)c(OCCCOc2ccccc2C#N)c1. The Morgan fingerprint density at radius 2 is 1.76 bits per heavy atom. The quantitative estimate of drug-likeness (QED) is 0.757.